The fourth-order valence-corrected chi connectivity index (χ4v) is 4.10. The maximum Gasteiger partial charge on any atom is 0.220 e. The lowest BCUT2D eigenvalue weighted by Crippen LogP contribution is -2.56. The number of aromatic amines is 1. The Morgan fingerprint density at radius 2 is 2.07 bits per heavy atom. The number of rotatable bonds is 6. The van der Waals surface area contributed by atoms with E-state index in [1.165, 1.54) is 0 Å². The van der Waals surface area contributed by atoms with Crippen molar-refractivity contribution in [3.63, 3.8) is 0 Å². The second kappa shape index (κ2) is 9.05. The van der Waals surface area contributed by atoms with Crippen molar-refractivity contribution in [3.8, 4) is 0 Å². The van der Waals surface area contributed by atoms with E-state index in [0.29, 0.717) is 32.4 Å². The molecule has 3 N–H and O–H groups in total. The van der Waals surface area contributed by atoms with E-state index >= 15 is 0 Å². The van der Waals surface area contributed by atoms with Gasteiger partial charge in [-0.2, -0.15) is 0 Å². The number of hydrogen-bond acceptors (Lipinski definition) is 5. The molecule has 2 fully saturated rings. The molecule has 0 unspecified atom stereocenters. The minimum absolute atomic E-state index is 0.0265. The van der Waals surface area contributed by atoms with Crippen molar-refractivity contribution in [2.24, 2.45) is 0 Å². The van der Waals surface area contributed by atoms with E-state index in [2.05, 4.69) is 21.3 Å². The van der Waals surface area contributed by atoms with Crippen LogP contribution in [0.3, 0.4) is 0 Å². The normalized spacial score (nSPS) is 26.4. The van der Waals surface area contributed by atoms with Crippen molar-refractivity contribution in [2.45, 2.75) is 37.5 Å². The molecule has 7 nitrogen and oxygen atoms in total. The molecule has 0 bridgehead atoms. The summed E-state index contributed by atoms with van der Waals surface area (Å²) in [5.41, 5.74) is 2.23. The van der Waals surface area contributed by atoms with Crippen LogP contribution < -0.4 is 5.32 Å². The Labute approximate surface area is 165 Å². The summed E-state index contributed by atoms with van der Waals surface area (Å²) < 4.78 is 11.2. The standard InChI is InChI=1S/C21H29N3O4/c25-20(6-5-15-13-22-17-4-2-1-3-16(15)17)23-18-7-10-28-19(21(18)26)14-24-8-11-27-12-9-24/h1-4,13,18-19,21-22,26H,5-12,14H2,(H,23,25)/t18-,19+,21-/m0/s1. The van der Waals surface area contributed by atoms with Crippen molar-refractivity contribution in [1.29, 1.82) is 0 Å². The predicted molar refractivity (Wildman–Crippen MR) is 106 cm³/mol. The fraction of sp³-hybridized carbons (Fsp3) is 0.571. The average molecular weight is 387 g/mol. The molecule has 1 aromatic carbocycles. The number of H-pyrrole nitrogens is 1. The molecule has 1 amide bonds. The maximum atomic E-state index is 12.5. The van der Waals surface area contributed by atoms with Crippen LogP contribution in [0.4, 0.5) is 0 Å². The number of amides is 1. The molecule has 4 rings (SSSR count). The third-order valence-electron chi connectivity index (χ3n) is 5.74. The Hall–Kier alpha value is -1.93. The number of carbonyl (C=O) groups is 1. The first-order chi connectivity index (χ1) is 13.7. The predicted octanol–water partition coefficient (Wildman–Crippen LogP) is 1.07. The topological polar surface area (TPSA) is 86.8 Å². The third kappa shape index (κ3) is 4.55. The first-order valence-corrected chi connectivity index (χ1v) is 10.1. The number of aromatic nitrogens is 1. The molecule has 1 aromatic heterocycles. The quantitative estimate of drug-likeness (QED) is 0.690. The van der Waals surface area contributed by atoms with Crippen molar-refractivity contribution in [3.05, 3.63) is 36.0 Å². The number of ether oxygens (including phenoxy) is 2. The molecule has 3 atom stereocenters. The van der Waals surface area contributed by atoms with Gasteiger partial charge in [-0.3, -0.25) is 9.69 Å². The van der Waals surface area contributed by atoms with Gasteiger partial charge in [0.25, 0.3) is 0 Å². The van der Waals surface area contributed by atoms with Crippen LogP contribution in [0.15, 0.2) is 30.5 Å². The number of nitrogens with zero attached hydrogens (tertiary/aromatic N) is 1. The molecule has 0 radical (unpaired) electrons. The van der Waals surface area contributed by atoms with E-state index in [1.807, 2.05) is 24.4 Å². The summed E-state index contributed by atoms with van der Waals surface area (Å²) >= 11 is 0. The molecular weight excluding hydrogens is 358 g/mol. The van der Waals surface area contributed by atoms with Gasteiger partial charge in [-0.15, -0.1) is 0 Å². The fourth-order valence-electron chi connectivity index (χ4n) is 4.10. The van der Waals surface area contributed by atoms with Crippen molar-refractivity contribution in [2.75, 3.05) is 39.5 Å². The molecule has 7 heteroatoms. The van der Waals surface area contributed by atoms with E-state index in [4.69, 9.17) is 9.47 Å². The van der Waals surface area contributed by atoms with Crippen LogP contribution in [0.25, 0.3) is 10.9 Å². The average Bonchev–Trinajstić information content (AvgIpc) is 3.13. The molecular formula is C21H29N3O4. The van der Waals surface area contributed by atoms with Gasteiger partial charge in [0.2, 0.25) is 5.91 Å². The van der Waals surface area contributed by atoms with Crippen LogP contribution in [0, 0.1) is 0 Å². The first-order valence-electron chi connectivity index (χ1n) is 10.1. The van der Waals surface area contributed by atoms with Crippen molar-refractivity contribution >= 4 is 16.8 Å². The summed E-state index contributed by atoms with van der Waals surface area (Å²) in [6.45, 7) is 4.38. The number of aryl methyl sites for hydroxylation is 1. The summed E-state index contributed by atoms with van der Waals surface area (Å²) in [7, 11) is 0. The van der Waals surface area contributed by atoms with Crippen LogP contribution in [0.5, 0.6) is 0 Å². The largest absolute Gasteiger partial charge is 0.388 e. The molecule has 2 aliphatic rings. The van der Waals surface area contributed by atoms with Crippen molar-refractivity contribution in [1.82, 2.24) is 15.2 Å². The number of carbonyl (C=O) groups excluding carboxylic acids is 1. The monoisotopic (exact) mass is 387 g/mol. The molecule has 0 aliphatic carbocycles. The number of aliphatic hydroxyl groups excluding tert-OH is 1. The maximum absolute atomic E-state index is 12.5. The third-order valence-corrected chi connectivity index (χ3v) is 5.74. The second-order valence-corrected chi connectivity index (χ2v) is 7.63. The number of hydrogen-bond donors (Lipinski definition) is 3. The highest BCUT2D eigenvalue weighted by Gasteiger charge is 2.34. The summed E-state index contributed by atoms with van der Waals surface area (Å²) in [6.07, 6.45) is 2.73. The number of nitrogens with one attached hydrogen (secondary N) is 2. The van der Waals surface area contributed by atoms with E-state index in [9.17, 15) is 9.90 Å². The van der Waals surface area contributed by atoms with E-state index in [1.54, 1.807) is 0 Å². The van der Waals surface area contributed by atoms with Gasteiger partial charge in [-0.05, 0) is 24.5 Å². The highest BCUT2D eigenvalue weighted by atomic mass is 16.5. The van der Waals surface area contributed by atoms with E-state index in [0.717, 1.165) is 42.8 Å². The number of para-hydroxylation sites is 1. The van der Waals surface area contributed by atoms with Crippen LogP contribution in [0.2, 0.25) is 0 Å². The van der Waals surface area contributed by atoms with Gasteiger partial charge in [0.05, 0.1) is 25.4 Å². The zero-order valence-corrected chi connectivity index (χ0v) is 16.1. The van der Waals surface area contributed by atoms with Gasteiger partial charge in [0.15, 0.2) is 0 Å². The number of morpholine rings is 1. The Kier molecular flexibility index (Phi) is 6.26. The van der Waals surface area contributed by atoms with Gasteiger partial charge in [-0.25, -0.2) is 0 Å². The highest BCUT2D eigenvalue weighted by molar-refractivity contribution is 5.84. The molecule has 2 aromatic rings. The molecule has 152 valence electrons. The molecule has 2 aliphatic heterocycles. The van der Waals surface area contributed by atoms with Crippen LogP contribution in [0.1, 0.15) is 18.4 Å². The molecule has 0 saturated carbocycles. The summed E-state index contributed by atoms with van der Waals surface area (Å²) in [4.78, 5) is 18.0. The number of aliphatic hydroxyl groups is 1. The minimum atomic E-state index is -0.686. The molecule has 2 saturated heterocycles. The number of fused-ring (bicyclic) bond motifs is 1. The van der Waals surface area contributed by atoms with Gasteiger partial charge >= 0.3 is 0 Å². The number of benzene rings is 1. The zero-order valence-electron chi connectivity index (χ0n) is 16.1. The van der Waals surface area contributed by atoms with Gasteiger partial charge in [0.1, 0.15) is 6.10 Å². The van der Waals surface area contributed by atoms with Gasteiger partial charge < -0.3 is 24.9 Å². The smallest absolute Gasteiger partial charge is 0.220 e. The Balaban J connectivity index is 1.28. The minimum Gasteiger partial charge on any atom is -0.388 e. The Morgan fingerprint density at radius 3 is 2.93 bits per heavy atom. The Morgan fingerprint density at radius 1 is 1.25 bits per heavy atom. The van der Waals surface area contributed by atoms with Crippen molar-refractivity contribution < 1.29 is 19.4 Å². The first kappa shape index (κ1) is 19.4. The Bertz CT molecular complexity index is 787. The van der Waals surface area contributed by atoms with Crippen LogP contribution in [-0.4, -0.2) is 78.6 Å². The van der Waals surface area contributed by atoms with Crippen LogP contribution in [-0.2, 0) is 20.7 Å². The second-order valence-electron chi connectivity index (χ2n) is 7.63. The molecule has 0 spiro atoms. The highest BCUT2D eigenvalue weighted by Crippen LogP contribution is 2.20. The zero-order chi connectivity index (χ0) is 19.3. The summed E-state index contributed by atoms with van der Waals surface area (Å²) in [5, 5.41) is 14.9. The van der Waals surface area contributed by atoms with E-state index in [-0.39, 0.29) is 18.1 Å². The molecule has 3 heterocycles. The lowest BCUT2D eigenvalue weighted by atomic mass is 9.98. The summed E-state index contributed by atoms with van der Waals surface area (Å²) in [6, 6.07) is 7.85. The van der Waals surface area contributed by atoms with Gasteiger partial charge in [0, 0.05) is 49.8 Å². The lowest BCUT2D eigenvalue weighted by molar-refractivity contribution is -0.130. The lowest BCUT2D eigenvalue weighted by Gasteiger charge is -2.38. The summed E-state index contributed by atoms with van der Waals surface area (Å²) in [5.74, 6) is -0.0265. The molecule has 28 heavy (non-hydrogen) atoms. The van der Waals surface area contributed by atoms with E-state index < -0.39 is 6.10 Å². The van der Waals surface area contributed by atoms with Gasteiger partial charge in [-0.1, -0.05) is 18.2 Å². The SMILES string of the molecule is O=C(CCc1c[nH]c2ccccc12)N[C@H]1CCO[C@H](CN2CCOCC2)[C@H]1O. The van der Waals surface area contributed by atoms with Crippen LogP contribution >= 0.6 is 0 Å².